The third-order valence-electron chi connectivity index (χ3n) is 5.49. The molecule has 2 N–H and O–H groups in total. The standard InChI is InChI=1S/C18H31NO2Si/c1-17(2,3)22(4,5)21-16-8-6-15(7-9-16)18(14-19)10-12-20-13-11-18/h6-9H,10-14,19H2,1-5H3. The molecule has 0 aliphatic carbocycles. The second-order valence-electron chi connectivity index (χ2n) is 7.98. The van der Waals surface area contributed by atoms with Crippen LogP contribution in [0.4, 0.5) is 0 Å². The van der Waals surface area contributed by atoms with Gasteiger partial charge in [0.2, 0.25) is 8.32 Å². The minimum atomic E-state index is -1.77. The van der Waals surface area contributed by atoms with Gasteiger partial charge in [0, 0.05) is 25.2 Å². The van der Waals surface area contributed by atoms with Crippen molar-refractivity contribution in [3.63, 3.8) is 0 Å². The number of rotatable bonds is 4. The maximum atomic E-state index is 6.36. The molecular formula is C18H31NO2Si. The van der Waals surface area contributed by atoms with E-state index in [2.05, 4.69) is 58.1 Å². The van der Waals surface area contributed by atoms with Crippen molar-refractivity contribution in [3.8, 4) is 5.75 Å². The maximum Gasteiger partial charge on any atom is 0.250 e. The molecule has 124 valence electrons. The molecule has 1 fully saturated rings. The van der Waals surface area contributed by atoms with Crippen LogP contribution in [0.5, 0.6) is 5.75 Å². The highest BCUT2D eigenvalue weighted by Gasteiger charge is 2.39. The van der Waals surface area contributed by atoms with E-state index in [4.69, 9.17) is 14.9 Å². The summed E-state index contributed by atoms with van der Waals surface area (Å²) in [5.74, 6) is 0.981. The first-order valence-corrected chi connectivity index (χ1v) is 11.2. The molecule has 3 nitrogen and oxygen atoms in total. The van der Waals surface area contributed by atoms with Crippen LogP contribution in [0.15, 0.2) is 24.3 Å². The summed E-state index contributed by atoms with van der Waals surface area (Å²) < 4.78 is 11.9. The summed E-state index contributed by atoms with van der Waals surface area (Å²) in [5, 5.41) is 0.213. The smallest absolute Gasteiger partial charge is 0.250 e. The van der Waals surface area contributed by atoms with Gasteiger partial charge in [0.05, 0.1) is 0 Å². The van der Waals surface area contributed by atoms with E-state index < -0.39 is 8.32 Å². The molecule has 0 aromatic heterocycles. The maximum absolute atomic E-state index is 6.36. The topological polar surface area (TPSA) is 44.5 Å². The molecule has 1 aromatic rings. The van der Waals surface area contributed by atoms with Crippen LogP contribution >= 0.6 is 0 Å². The predicted octanol–water partition coefficient (Wildman–Crippen LogP) is 4.08. The van der Waals surface area contributed by atoms with Crippen molar-refractivity contribution in [2.24, 2.45) is 5.73 Å². The quantitative estimate of drug-likeness (QED) is 0.850. The van der Waals surface area contributed by atoms with Crippen molar-refractivity contribution >= 4 is 8.32 Å². The molecule has 0 saturated carbocycles. The largest absolute Gasteiger partial charge is 0.544 e. The van der Waals surface area contributed by atoms with Crippen molar-refractivity contribution in [1.82, 2.24) is 0 Å². The summed E-state index contributed by atoms with van der Waals surface area (Å²) in [6, 6.07) is 8.62. The lowest BCUT2D eigenvalue weighted by Gasteiger charge is -2.38. The first kappa shape index (κ1) is 17.5. The van der Waals surface area contributed by atoms with Crippen LogP contribution in [0.1, 0.15) is 39.2 Å². The van der Waals surface area contributed by atoms with Crippen molar-refractivity contribution in [2.45, 2.75) is 57.2 Å². The van der Waals surface area contributed by atoms with E-state index in [0.717, 1.165) is 31.8 Å². The van der Waals surface area contributed by atoms with Crippen LogP contribution < -0.4 is 10.2 Å². The minimum Gasteiger partial charge on any atom is -0.544 e. The van der Waals surface area contributed by atoms with Crippen LogP contribution in [-0.2, 0) is 10.2 Å². The van der Waals surface area contributed by atoms with Gasteiger partial charge in [-0.3, -0.25) is 0 Å². The van der Waals surface area contributed by atoms with Gasteiger partial charge < -0.3 is 14.9 Å². The lowest BCUT2D eigenvalue weighted by atomic mass is 9.74. The Bertz CT molecular complexity index is 485. The highest BCUT2D eigenvalue weighted by atomic mass is 28.4. The third-order valence-corrected chi connectivity index (χ3v) is 9.84. The van der Waals surface area contributed by atoms with E-state index >= 15 is 0 Å². The Morgan fingerprint density at radius 2 is 1.68 bits per heavy atom. The molecule has 1 heterocycles. The molecule has 1 aliphatic heterocycles. The van der Waals surface area contributed by atoms with Gasteiger partial charge in [0.1, 0.15) is 5.75 Å². The number of ether oxygens (including phenoxy) is 1. The first-order chi connectivity index (χ1) is 10.2. The molecule has 0 bridgehead atoms. The summed E-state index contributed by atoms with van der Waals surface area (Å²) in [5.41, 5.74) is 7.48. The number of benzene rings is 1. The molecule has 22 heavy (non-hydrogen) atoms. The molecule has 0 atom stereocenters. The third kappa shape index (κ3) is 3.55. The van der Waals surface area contributed by atoms with Gasteiger partial charge in [-0.05, 0) is 48.7 Å². The second kappa shape index (κ2) is 6.34. The zero-order valence-corrected chi connectivity index (χ0v) is 15.7. The van der Waals surface area contributed by atoms with E-state index in [1.807, 2.05) is 0 Å². The molecule has 0 amide bonds. The van der Waals surface area contributed by atoms with Crippen LogP contribution in [0.2, 0.25) is 18.1 Å². The lowest BCUT2D eigenvalue weighted by Crippen LogP contribution is -2.44. The van der Waals surface area contributed by atoms with Gasteiger partial charge in [0.25, 0.3) is 0 Å². The van der Waals surface area contributed by atoms with Crippen LogP contribution in [0.25, 0.3) is 0 Å². The Kier molecular flexibility index (Phi) is 5.05. The second-order valence-corrected chi connectivity index (χ2v) is 12.7. The van der Waals surface area contributed by atoms with Gasteiger partial charge in [-0.15, -0.1) is 0 Å². The fourth-order valence-electron chi connectivity index (χ4n) is 2.70. The molecule has 1 aromatic carbocycles. The SMILES string of the molecule is CC(C)(C)[Si](C)(C)Oc1ccc(C2(CN)CCOCC2)cc1. The number of hydrogen-bond donors (Lipinski definition) is 1. The van der Waals surface area contributed by atoms with E-state index in [-0.39, 0.29) is 10.5 Å². The average Bonchev–Trinajstić information content (AvgIpc) is 2.47. The van der Waals surface area contributed by atoms with E-state index in [9.17, 15) is 0 Å². The van der Waals surface area contributed by atoms with Gasteiger partial charge in [0.15, 0.2) is 0 Å². The first-order valence-electron chi connectivity index (χ1n) is 8.28. The summed E-state index contributed by atoms with van der Waals surface area (Å²) in [6.07, 6.45) is 2.01. The van der Waals surface area contributed by atoms with Crippen LogP contribution in [0.3, 0.4) is 0 Å². The summed E-state index contributed by atoms with van der Waals surface area (Å²) in [4.78, 5) is 0. The predicted molar refractivity (Wildman–Crippen MR) is 95.1 cm³/mol. The summed E-state index contributed by atoms with van der Waals surface area (Å²) >= 11 is 0. The van der Waals surface area contributed by atoms with Crippen LogP contribution in [0, 0.1) is 0 Å². The Morgan fingerprint density at radius 3 is 2.14 bits per heavy atom. The molecule has 1 saturated heterocycles. The van der Waals surface area contributed by atoms with E-state index in [1.165, 1.54) is 5.56 Å². The Hall–Kier alpha value is -0.843. The molecule has 2 rings (SSSR count). The van der Waals surface area contributed by atoms with Gasteiger partial charge >= 0.3 is 0 Å². The van der Waals surface area contributed by atoms with Crippen molar-refractivity contribution in [1.29, 1.82) is 0 Å². The Balaban J connectivity index is 2.16. The lowest BCUT2D eigenvalue weighted by molar-refractivity contribution is 0.0529. The highest BCUT2D eigenvalue weighted by Crippen LogP contribution is 2.38. The number of nitrogens with two attached hydrogens (primary N) is 1. The Morgan fingerprint density at radius 1 is 1.14 bits per heavy atom. The van der Waals surface area contributed by atoms with E-state index in [0.29, 0.717) is 6.54 Å². The monoisotopic (exact) mass is 321 g/mol. The average molecular weight is 322 g/mol. The van der Waals surface area contributed by atoms with Crippen molar-refractivity contribution in [3.05, 3.63) is 29.8 Å². The molecule has 1 aliphatic rings. The molecule has 0 unspecified atom stereocenters. The van der Waals surface area contributed by atoms with Crippen molar-refractivity contribution in [2.75, 3.05) is 19.8 Å². The van der Waals surface area contributed by atoms with Crippen LogP contribution in [-0.4, -0.2) is 28.1 Å². The summed E-state index contributed by atoms with van der Waals surface area (Å²) in [7, 11) is -1.77. The van der Waals surface area contributed by atoms with E-state index in [1.54, 1.807) is 0 Å². The zero-order valence-electron chi connectivity index (χ0n) is 14.7. The highest BCUT2D eigenvalue weighted by molar-refractivity contribution is 6.74. The fraction of sp³-hybridized carbons (Fsp3) is 0.667. The Labute approximate surface area is 136 Å². The normalized spacial score (nSPS) is 19.0. The molecular weight excluding hydrogens is 290 g/mol. The summed E-state index contributed by atoms with van der Waals surface area (Å²) in [6.45, 7) is 13.6. The van der Waals surface area contributed by atoms with Gasteiger partial charge in [-0.2, -0.15) is 0 Å². The molecule has 4 heteroatoms. The van der Waals surface area contributed by atoms with Gasteiger partial charge in [-0.1, -0.05) is 32.9 Å². The minimum absolute atomic E-state index is 0.0771. The van der Waals surface area contributed by atoms with Crippen molar-refractivity contribution < 1.29 is 9.16 Å². The molecule has 0 radical (unpaired) electrons. The van der Waals surface area contributed by atoms with Gasteiger partial charge in [-0.25, -0.2) is 0 Å². The fourth-order valence-corrected chi connectivity index (χ4v) is 3.73. The molecule has 0 spiro atoms. The number of hydrogen-bond acceptors (Lipinski definition) is 3. The zero-order chi connectivity index (χ0) is 16.4.